The van der Waals surface area contributed by atoms with Crippen molar-refractivity contribution in [2.45, 2.75) is 0 Å². The van der Waals surface area contributed by atoms with Gasteiger partial charge in [-0.3, -0.25) is 4.31 Å². The lowest BCUT2D eigenvalue weighted by atomic mass is 10.1. The molecule has 0 unspecified atom stereocenters. The van der Waals surface area contributed by atoms with Crippen molar-refractivity contribution >= 4 is 21.4 Å². The molecule has 28 heavy (non-hydrogen) atoms. The van der Waals surface area contributed by atoms with Crippen LogP contribution in [-0.2, 0) is 10.0 Å². The molecule has 3 aromatic rings. The monoisotopic (exact) mass is 398 g/mol. The summed E-state index contributed by atoms with van der Waals surface area (Å²) in [6, 6.07) is 23.3. The van der Waals surface area contributed by atoms with Crippen LogP contribution in [0.25, 0.3) is 11.1 Å². The Kier molecular flexibility index (Phi) is 5.99. The maximum atomic E-state index is 13.2. The summed E-state index contributed by atoms with van der Waals surface area (Å²) in [5.74, 6) is -0.304. The van der Waals surface area contributed by atoms with E-state index in [1.54, 1.807) is 18.2 Å². The molecule has 0 heterocycles. The largest absolute Gasteiger partial charge is 0.373 e. The highest BCUT2D eigenvalue weighted by molar-refractivity contribution is 7.92. The van der Waals surface area contributed by atoms with Crippen molar-refractivity contribution in [3.63, 3.8) is 0 Å². The van der Waals surface area contributed by atoms with E-state index in [1.807, 2.05) is 60.5 Å². The van der Waals surface area contributed by atoms with Crippen LogP contribution in [0.15, 0.2) is 78.9 Å². The highest BCUT2D eigenvalue weighted by Crippen LogP contribution is 2.26. The second-order valence-corrected chi connectivity index (χ2v) is 8.56. The van der Waals surface area contributed by atoms with E-state index < -0.39 is 10.0 Å². The van der Waals surface area contributed by atoms with Gasteiger partial charge in [0, 0.05) is 19.3 Å². The molecule has 0 aromatic heterocycles. The molecular weight excluding hydrogens is 375 g/mol. The second-order valence-electron chi connectivity index (χ2n) is 6.65. The molecule has 0 aliphatic rings. The van der Waals surface area contributed by atoms with Crippen LogP contribution in [0.3, 0.4) is 0 Å². The molecule has 0 amide bonds. The first-order chi connectivity index (χ1) is 13.3. The Morgan fingerprint density at radius 2 is 1.43 bits per heavy atom. The molecule has 0 atom stereocenters. The van der Waals surface area contributed by atoms with Gasteiger partial charge in [0.1, 0.15) is 5.82 Å². The standard InChI is InChI=1S/C22H23FN2O2S/c1-24(21-8-4-3-5-9-21)15-16-25(28(2,26)27)22-10-6-7-19(17-22)18-11-13-20(23)14-12-18/h3-14,17H,15-16H2,1-2H3. The van der Waals surface area contributed by atoms with E-state index in [0.29, 0.717) is 18.8 Å². The van der Waals surface area contributed by atoms with Crippen LogP contribution >= 0.6 is 0 Å². The number of likely N-dealkylation sites (N-methyl/N-ethyl adjacent to an activating group) is 1. The third kappa shape index (κ3) is 4.89. The summed E-state index contributed by atoms with van der Waals surface area (Å²) in [6.07, 6.45) is 1.21. The number of sulfonamides is 1. The Morgan fingerprint density at radius 1 is 0.786 bits per heavy atom. The number of para-hydroxylation sites is 1. The van der Waals surface area contributed by atoms with E-state index in [1.165, 1.54) is 22.7 Å². The number of anilines is 2. The van der Waals surface area contributed by atoms with Gasteiger partial charge in [-0.1, -0.05) is 42.5 Å². The lowest BCUT2D eigenvalue weighted by Crippen LogP contribution is -2.37. The van der Waals surface area contributed by atoms with Crippen molar-refractivity contribution in [2.24, 2.45) is 0 Å². The molecule has 0 bridgehead atoms. The molecule has 3 aromatic carbocycles. The molecule has 0 N–H and O–H groups in total. The van der Waals surface area contributed by atoms with Crippen LogP contribution in [0.2, 0.25) is 0 Å². The zero-order valence-electron chi connectivity index (χ0n) is 15.9. The summed E-state index contributed by atoms with van der Waals surface area (Å²) in [7, 11) is -1.52. The first kappa shape index (κ1) is 19.9. The quantitative estimate of drug-likeness (QED) is 0.592. The second kappa shape index (κ2) is 8.44. The predicted molar refractivity (Wildman–Crippen MR) is 114 cm³/mol. The van der Waals surface area contributed by atoms with Gasteiger partial charge in [-0.2, -0.15) is 0 Å². The fourth-order valence-electron chi connectivity index (χ4n) is 3.02. The lowest BCUT2D eigenvalue weighted by molar-refractivity contribution is 0.596. The first-order valence-electron chi connectivity index (χ1n) is 8.94. The lowest BCUT2D eigenvalue weighted by Gasteiger charge is -2.27. The molecule has 0 saturated carbocycles. The SMILES string of the molecule is CN(CCN(c1cccc(-c2ccc(F)cc2)c1)S(C)(=O)=O)c1ccccc1. The topological polar surface area (TPSA) is 40.6 Å². The summed E-state index contributed by atoms with van der Waals surface area (Å²) in [4.78, 5) is 2.02. The van der Waals surface area contributed by atoms with E-state index in [-0.39, 0.29) is 5.82 Å². The van der Waals surface area contributed by atoms with E-state index in [2.05, 4.69) is 0 Å². The van der Waals surface area contributed by atoms with E-state index in [0.717, 1.165) is 16.8 Å². The van der Waals surface area contributed by atoms with Crippen LogP contribution in [0.1, 0.15) is 0 Å². The fraction of sp³-hybridized carbons (Fsp3) is 0.182. The Hall–Kier alpha value is -2.86. The Bertz CT molecular complexity index is 1020. The normalized spacial score (nSPS) is 11.2. The average molecular weight is 399 g/mol. The molecule has 0 aliphatic heterocycles. The van der Waals surface area contributed by atoms with Crippen LogP contribution < -0.4 is 9.21 Å². The Labute approximate surface area is 165 Å². The summed E-state index contributed by atoms with van der Waals surface area (Å²) in [5.41, 5.74) is 3.28. The van der Waals surface area contributed by atoms with Gasteiger partial charge in [-0.25, -0.2) is 12.8 Å². The third-order valence-electron chi connectivity index (χ3n) is 4.55. The van der Waals surface area contributed by atoms with Crippen molar-refractivity contribution in [2.75, 3.05) is 35.6 Å². The molecular formula is C22H23FN2O2S. The maximum absolute atomic E-state index is 13.2. The summed E-state index contributed by atoms with van der Waals surface area (Å²) < 4.78 is 39.5. The van der Waals surface area contributed by atoms with Gasteiger partial charge >= 0.3 is 0 Å². The van der Waals surface area contributed by atoms with Gasteiger partial charge < -0.3 is 4.90 Å². The van der Waals surface area contributed by atoms with Gasteiger partial charge in [0.15, 0.2) is 0 Å². The van der Waals surface area contributed by atoms with Crippen molar-refractivity contribution in [1.29, 1.82) is 0 Å². The summed E-state index contributed by atoms with van der Waals surface area (Å²) in [6.45, 7) is 0.856. The fourth-order valence-corrected chi connectivity index (χ4v) is 3.93. The molecule has 4 nitrogen and oxygen atoms in total. The van der Waals surface area contributed by atoms with Gasteiger partial charge in [0.05, 0.1) is 18.5 Å². The van der Waals surface area contributed by atoms with E-state index in [9.17, 15) is 12.8 Å². The minimum Gasteiger partial charge on any atom is -0.373 e. The molecule has 0 saturated heterocycles. The smallest absolute Gasteiger partial charge is 0.232 e. The summed E-state index contributed by atoms with van der Waals surface area (Å²) in [5, 5.41) is 0. The van der Waals surface area contributed by atoms with Crippen molar-refractivity contribution in [3.05, 3.63) is 84.7 Å². The number of nitrogens with zero attached hydrogens (tertiary/aromatic N) is 2. The number of halogens is 1. The molecule has 6 heteroatoms. The van der Waals surface area contributed by atoms with E-state index >= 15 is 0 Å². The number of rotatable bonds is 7. The van der Waals surface area contributed by atoms with Crippen molar-refractivity contribution < 1.29 is 12.8 Å². The van der Waals surface area contributed by atoms with Crippen LogP contribution in [0, 0.1) is 5.82 Å². The van der Waals surface area contributed by atoms with Gasteiger partial charge in [-0.15, -0.1) is 0 Å². The zero-order valence-corrected chi connectivity index (χ0v) is 16.7. The average Bonchev–Trinajstić information content (AvgIpc) is 2.68. The highest BCUT2D eigenvalue weighted by Gasteiger charge is 2.18. The maximum Gasteiger partial charge on any atom is 0.232 e. The van der Waals surface area contributed by atoms with Crippen LogP contribution in [0.4, 0.5) is 15.8 Å². The van der Waals surface area contributed by atoms with Crippen LogP contribution in [0.5, 0.6) is 0 Å². The minimum atomic E-state index is -3.45. The van der Waals surface area contributed by atoms with Crippen molar-refractivity contribution in [1.82, 2.24) is 0 Å². The van der Waals surface area contributed by atoms with Crippen molar-refractivity contribution in [3.8, 4) is 11.1 Å². The number of hydrogen-bond acceptors (Lipinski definition) is 3. The minimum absolute atomic E-state index is 0.304. The number of benzene rings is 3. The molecule has 0 radical (unpaired) electrons. The Balaban J connectivity index is 1.84. The summed E-state index contributed by atoms with van der Waals surface area (Å²) >= 11 is 0. The zero-order chi connectivity index (χ0) is 20.1. The van der Waals surface area contributed by atoms with E-state index in [4.69, 9.17) is 0 Å². The van der Waals surface area contributed by atoms with Gasteiger partial charge in [-0.05, 0) is 47.5 Å². The van der Waals surface area contributed by atoms with Gasteiger partial charge in [0.2, 0.25) is 10.0 Å². The molecule has 0 fully saturated rings. The highest BCUT2D eigenvalue weighted by atomic mass is 32.2. The molecule has 146 valence electrons. The van der Waals surface area contributed by atoms with Crippen LogP contribution in [-0.4, -0.2) is 34.8 Å². The number of hydrogen-bond donors (Lipinski definition) is 0. The molecule has 0 spiro atoms. The predicted octanol–water partition coefficient (Wildman–Crippen LogP) is 4.40. The molecule has 0 aliphatic carbocycles. The first-order valence-corrected chi connectivity index (χ1v) is 10.8. The third-order valence-corrected chi connectivity index (χ3v) is 5.74. The molecule has 3 rings (SSSR count). The van der Waals surface area contributed by atoms with Gasteiger partial charge in [0.25, 0.3) is 0 Å². The Morgan fingerprint density at radius 3 is 2.07 bits per heavy atom.